The third-order valence-electron chi connectivity index (χ3n) is 4.78. The fraction of sp³-hybridized carbons (Fsp3) is 0.217. The highest BCUT2D eigenvalue weighted by Crippen LogP contribution is 2.32. The van der Waals surface area contributed by atoms with E-state index in [1.54, 1.807) is 0 Å². The van der Waals surface area contributed by atoms with E-state index in [4.69, 9.17) is 9.72 Å². The molecule has 2 heterocycles. The van der Waals surface area contributed by atoms with Crippen molar-refractivity contribution in [3.05, 3.63) is 65.7 Å². The molecule has 140 valence electrons. The van der Waals surface area contributed by atoms with E-state index in [0.29, 0.717) is 17.8 Å². The van der Waals surface area contributed by atoms with Gasteiger partial charge in [0.05, 0.1) is 23.2 Å². The number of benzene rings is 2. The topological polar surface area (TPSA) is 62.3 Å². The monoisotopic (exact) mass is 370 g/mol. The number of anilines is 2. The predicted octanol–water partition coefficient (Wildman–Crippen LogP) is 5.62. The molecular formula is C23H22N4O. The van der Waals surface area contributed by atoms with E-state index in [0.717, 1.165) is 33.9 Å². The van der Waals surface area contributed by atoms with Crippen LogP contribution in [0, 0.1) is 11.3 Å². The summed E-state index contributed by atoms with van der Waals surface area (Å²) >= 11 is 0. The Labute approximate surface area is 164 Å². The molecule has 5 heteroatoms. The molecule has 5 nitrogen and oxygen atoms in total. The number of nitrogens with one attached hydrogen (secondary N) is 1. The van der Waals surface area contributed by atoms with Gasteiger partial charge in [0.15, 0.2) is 5.65 Å². The van der Waals surface area contributed by atoms with Crippen LogP contribution in [-0.2, 0) is 0 Å². The first-order chi connectivity index (χ1) is 13.6. The van der Waals surface area contributed by atoms with Crippen LogP contribution in [0.5, 0.6) is 5.75 Å². The van der Waals surface area contributed by atoms with Crippen molar-refractivity contribution in [3.63, 3.8) is 0 Å². The van der Waals surface area contributed by atoms with Crippen molar-refractivity contribution in [1.29, 1.82) is 5.26 Å². The summed E-state index contributed by atoms with van der Waals surface area (Å²) in [5.74, 6) is 1.94. The lowest BCUT2D eigenvalue weighted by molar-refractivity contribution is 0.340. The maximum Gasteiger partial charge on any atom is 0.157 e. The highest BCUT2D eigenvalue weighted by atomic mass is 16.5. The molecule has 2 aromatic carbocycles. The molecule has 0 fully saturated rings. The summed E-state index contributed by atoms with van der Waals surface area (Å²) in [6.07, 6.45) is 0. The molecule has 0 saturated heterocycles. The number of aromatic nitrogens is 2. The molecule has 0 aliphatic heterocycles. The zero-order valence-corrected chi connectivity index (χ0v) is 16.2. The minimum absolute atomic E-state index is 0.209. The molecule has 0 aliphatic carbocycles. The van der Waals surface area contributed by atoms with Gasteiger partial charge in [-0.15, -0.1) is 0 Å². The number of pyridine rings is 1. The van der Waals surface area contributed by atoms with E-state index in [1.165, 1.54) is 0 Å². The largest absolute Gasteiger partial charge is 0.494 e. The molecule has 0 atom stereocenters. The number of nitrogens with zero attached hydrogens (tertiary/aromatic N) is 3. The summed E-state index contributed by atoms with van der Waals surface area (Å²) in [7, 11) is 0. The van der Waals surface area contributed by atoms with Gasteiger partial charge in [-0.2, -0.15) is 5.26 Å². The number of para-hydroxylation sites is 2. The van der Waals surface area contributed by atoms with E-state index in [1.807, 2.05) is 59.9 Å². The summed E-state index contributed by atoms with van der Waals surface area (Å²) in [4.78, 5) is 4.75. The van der Waals surface area contributed by atoms with Crippen LogP contribution in [0.4, 0.5) is 11.5 Å². The van der Waals surface area contributed by atoms with E-state index in [-0.39, 0.29) is 5.92 Å². The molecule has 0 radical (unpaired) electrons. The summed E-state index contributed by atoms with van der Waals surface area (Å²) < 4.78 is 7.55. The molecule has 0 aliphatic rings. The Morgan fingerprint density at radius 3 is 2.57 bits per heavy atom. The van der Waals surface area contributed by atoms with Crippen molar-refractivity contribution in [2.24, 2.45) is 0 Å². The second kappa shape index (κ2) is 7.24. The van der Waals surface area contributed by atoms with Crippen LogP contribution in [0.25, 0.3) is 16.7 Å². The van der Waals surface area contributed by atoms with Gasteiger partial charge in [0.25, 0.3) is 0 Å². The van der Waals surface area contributed by atoms with Gasteiger partial charge >= 0.3 is 0 Å². The average Bonchev–Trinajstić information content (AvgIpc) is 3.09. The van der Waals surface area contributed by atoms with E-state index < -0.39 is 0 Å². The summed E-state index contributed by atoms with van der Waals surface area (Å²) in [6.45, 7) is 6.80. The third kappa shape index (κ3) is 3.03. The fourth-order valence-electron chi connectivity index (χ4n) is 3.46. The van der Waals surface area contributed by atoms with Crippen LogP contribution in [0.1, 0.15) is 37.8 Å². The van der Waals surface area contributed by atoms with Gasteiger partial charge in [0.1, 0.15) is 17.6 Å². The van der Waals surface area contributed by atoms with Gasteiger partial charge in [-0.1, -0.05) is 26.0 Å². The summed E-state index contributed by atoms with van der Waals surface area (Å²) in [5.41, 5.74) is 5.08. The van der Waals surface area contributed by atoms with E-state index in [2.05, 4.69) is 31.3 Å². The molecule has 0 saturated carbocycles. The van der Waals surface area contributed by atoms with Crippen molar-refractivity contribution in [2.75, 3.05) is 11.9 Å². The molecule has 0 bridgehead atoms. The predicted molar refractivity (Wildman–Crippen MR) is 112 cm³/mol. The SMILES string of the molecule is CCOc1ccc(Nc2cc(C(C)C)c(C#N)c3nc4ccccc4n23)cc1. The number of fused-ring (bicyclic) bond motifs is 3. The molecule has 28 heavy (non-hydrogen) atoms. The van der Waals surface area contributed by atoms with Gasteiger partial charge in [-0.05, 0) is 60.9 Å². The first kappa shape index (κ1) is 17.9. The van der Waals surface area contributed by atoms with E-state index in [9.17, 15) is 5.26 Å². The first-order valence-electron chi connectivity index (χ1n) is 9.46. The van der Waals surface area contributed by atoms with Crippen molar-refractivity contribution in [3.8, 4) is 11.8 Å². The zero-order valence-electron chi connectivity index (χ0n) is 16.2. The van der Waals surface area contributed by atoms with Gasteiger partial charge in [0.2, 0.25) is 0 Å². The maximum absolute atomic E-state index is 9.81. The van der Waals surface area contributed by atoms with Crippen molar-refractivity contribution in [2.45, 2.75) is 26.7 Å². The molecule has 2 aromatic heterocycles. The Kier molecular flexibility index (Phi) is 4.62. The second-order valence-electron chi connectivity index (χ2n) is 6.97. The van der Waals surface area contributed by atoms with Crippen molar-refractivity contribution >= 4 is 28.2 Å². The Bertz CT molecular complexity index is 1180. The van der Waals surface area contributed by atoms with Crippen molar-refractivity contribution in [1.82, 2.24) is 9.38 Å². The van der Waals surface area contributed by atoms with Gasteiger partial charge in [-0.3, -0.25) is 4.40 Å². The van der Waals surface area contributed by atoms with Crippen molar-refractivity contribution < 1.29 is 4.74 Å². The minimum atomic E-state index is 0.209. The number of ether oxygens (including phenoxy) is 1. The Balaban J connectivity index is 1.92. The van der Waals surface area contributed by atoms with Crippen LogP contribution in [0.15, 0.2) is 54.6 Å². The Hall–Kier alpha value is -3.52. The van der Waals surface area contributed by atoms with Gasteiger partial charge in [-0.25, -0.2) is 4.98 Å². The number of rotatable bonds is 5. The molecule has 4 rings (SSSR count). The van der Waals surface area contributed by atoms with Gasteiger partial charge in [0, 0.05) is 5.69 Å². The Morgan fingerprint density at radius 2 is 1.89 bits per heavy atom. The second-order valence-corrected chi connectivity index (χ2v) is 6.97. The van der Waals surface area contributed by atoms with E-state index >= 15 is 0 Å². The van der Waals surface area contributed by atoms with Crippen LogP contribution < -0.4 is 10.1 Å². The number of imidazole rings is 1. The number of hydrogen-bond acceptors (Lipinski definition) is 4. The smallest absolute Gasteiger partial charge is 0.157 e. The first-order valence-corrected chi connectivity index (χ1v) is 9.46. The molecular weight excluding hydrogens is 348 g/mol. The molecule has 0 unspecified atom stereocenters. The highest BCUT2D eigenvalue weighted by molar-refractivity contribution is 5.86. The van der Waals surface area contributed by atoms with Crippen LogP contribution in [0.3, 0.4) is 0 Å². The third-order valence-corrected chi connectivity index (χ3v) is 4.78. The lowest BCUT2D eigenvalue weighted by Gasteiger charge is -2.16. The molecule has 4 aromatic rings. The van der Waals surface area contributed by atoms with Crippen LogP contribution >= 0.6 is 0 Å². The fourth-order valence-corrected chi connectivity index (χ4v) is 3.46. The molecule has 0 spiro atoms. The lowest BCUT2D eigenvalue weighted by atomic mass is 9.99. The van der Waals surface area contributed by atoms with Crippen LogP contribution in [0.2, 0.25) is 0 Å². The Morgan fingerprint density at radius 1 is 1.14 bits per heavy atom. The standard InChI is InChI=1S/C23H22N4O/c1-4-28-17-11-9-16(10-12-17)25-22-13-18(15(2)3)19(14-24)23-26-20-7-5-6-8-21(20)27(22)23/h5-13,15,25H,4H2,1-3H3. The summed E-state index contributed by atoms with van der Waals surface area (Å²) in [5, 5.41) is 13.3. The minimum Gasteiger partial charge on any atom is -0.494 e. The van der Waals surface area contributed by atoms with Gasteiger partial charge < -0.3 is 10.1 Å². The quantitative estimate of drug-likeness (QED) is 0.495. The number of nitriles is 1. The highest BCUT2D eigenvalue weighted by Gasteiger charge is 2.18. The lowest BCUT2D eigenvalue weighted by Crippen LogP contribution is -2.04. The van der Waals surface area contributed by atoms with Crippen LogP contribution in [-0.4, -0.2) is 16.0 Å². The normalized spacial score (nSPS) is 11.1. The summed E-state index contributed by atoms with van der Waals surface area (Å²) in [6, 6.07) is 20.2. The average molecular weight is 370 g/mol. The molecule has 1 N–H and O–H groups in total. The molecule has 0 amide bonds. The number of hydrogen-bond donors (Lipinski definition) is 1. The zero-order chi connectivity index (χ0) is 19.7. The maximum atomic E-state index is 9.81.